The van der Waals surface area contributed by atoms with Crippen molar-refractivity contribution in [1.82, 2.24) is 16.0 Å². The molecule has 17 heteroatoms. The number of nitrogens with one attached hydrogen (secondary N) is 4. The summed E-state index contributed by atoms with van der Waals surface area (Å²) in [7, 11) is 0. The number of carbonyl (C=O) groups is 6. The van der Waals surface area contributed by atoms with E-state index in [-0.39, 0.29) is 31.1 Å². The summed E-state index contributed by atoms with van der Waals surface area (Å²) in [6.45, 7) is 3.30. The molecule has 1 rings (SSSR count). The molecule has 0 aliphatic carbocycles. The number of amidine groups is 1. The Hall–Kier alpha value is -4.70. The molecule has 0 fully saturated rings. The summed E-state index contributed by atoms with van der Waals surface area (Å²) in [4.78, 5) is 67.8. The number of alkyl halides is 3. The average molecular weight is 578 g/mol. The molecule has 0 heterocycles. The Bertz CT molecular complexity index is 1090. The van der Waals surface area contributed by atoms with Crippen LogP contribution in [-0.2, 0) is 24.0 Å². The van der Waals surface area contributed by atoms with Crippen LogP contribution in [0.5, 0.6) is 0 Å². The van der Waals surface area contributed by atoms with Crippen LogP contribution in [0.15, 0.2) is 24.3 Å². The molecule has 2 atom stereocenters. The van der Waals surface area contributed by atoms with Crippen molar-refractivity contribution in [3.8, 4) is 0 Å². The zero-order valence-electron chi connectivity index (χ0n) is 21.4. The second-order valence-corrected chi connectivity index (χ2v) is 8.44. The summed E-state index contributed by atoms with van der Waals surface area (Å²) < 4.78 is 31.7. The Morgan fingerprint density at radius 1 is 0.950 bits per heavy atom. The molecule has 1 aromatic rings. The van der Waals surface area contributed by atoms with Gasteiger partial charge in [0, 0.05) is 24.1 Å². The topological polar surface area (TPSA) is 249 Å². The Balaban J connectivity index is 0.00000191. The number of benzene rings is 1. The van der Waals surface area contributed by atoms with Crippen LogP contribution in [0.1, 0.15) is 49.0 Å². The molecule has 0 saturated carbocycles. The fourth-order valence-electron chi connectivity index (χ4n) is 2.77. The van der Waals surface area contributed by atoms with E-state index in [1.807, 2.05) is 0 Å². The molecule has 0 aromatic heterocycles. The van der Waals surface area contributed by atoms with Gasteiger partial charge < -0.3 is 37.0 Å². The summed E-state index contributed by atoms with van der Waals surface area (Å²) in [5.74, 6) is -7.85. The molecule has 0 radical (unpaired) electrons. The zero-order chi connectivity index (χ0) is 31.2. The van der Waals surface area contributed by atoms with Crippen molar-refractivity contribution in [3.63, 3.8) is 0 Å². The number of hydrogen-bond acceptors (Lipinski definition) is 7. The largest absolute Gasteiger partial charge is 0.490 e. The van der Waals surface area contributed by atoms with Gasteiger partial charge in [-0.15, -0.1) is 0 Å². The van der Waals surface area contributed by atoms with Gasteiger partial charge >= 0.3 is 24.1 Å². The van der Waals surface area contributed by atoms with Crippen LogP contribution in [0.3, 0.4) is 0 Å². The minimum Gasteiger partial charge on any atom is -0.481 e. The lowest BCUT2D eigenvalue weighted by molar-refractivity contribution is -0.192. The van der Waals surface area contributed by atoms with Crippen LogP contribution in [0, 0.1) is 11.3 Å². The molecule has 0 aliphatic rings. The van der Waals surface area contributed by atoms with Gasteiger partial charge in [0.1, 0.15) is 17.9 Å². The number of amides is 3. The number of hydrogen-bond donors (Lipinski definition) is 8. The van der Waals surface area contributed by atoms with Gasteiger partial charge in [-0.2, -0.15) is 13.2 Å². The van der Waals surface area contributed by atoms with Crippen molar-refractivity contribution >= 4 is 41.5 Å². The van der Waals surface area contributed by atoms with Crippen LogP contribution >= 0.6 is 0 Å². The SMILES string of the molecule is CC(C)[C@H](NC(=O)[C@H](CC(=O)O)NC(=O)CCCNC(=O)c1ccc(C(=N)N)cc1)C(=O)O.O=C(O)C(F)(F)F. The third-order valence-electron chi connectivity index (χ3n) is 4.83. The molecule has 0 saturated heterocycles. The third-order valence-corrected chi connectivity index (χ3v) is 4.83. The molecular formula is C23H30F3N5O9. The maximum Gasteiger partial charge on any atom is 0.490 e. The number of nitrogens with two attached hydrogens (primary N) is 1. The Morgan fingerprint density at radius 3 is 1.85 bits per heavy atom. The highest BCUT2D eigenvalue weighted by atomic mass is 19.4. The molecular weight excluding hydrogens is 547 g/mol. The first kappa shape index (κ1) is 35.3. The fourth-order valence-corrected chi connectivity index (χ4v) is 2.77. The first-order chi connectivity index (χ1) is 18.4. The molecule has 0 unspecified atom stereocenters. The first-order valence-electron chi connectivity index (χ1n) is 11.4. The number of nitrogen functional groups attached to an aromatic ring is 1. The number of carboxylic acid groups (broad SMARTS) is 3. The molecule has 222 valence electrons. The van der Waals surface area contributed by atoms with Gasteiger partial charge in [-0.25, -0.2) is 9.59 Å². The van der Waals surface area contributed by atoms with E-state index in [1.54, 1.807) is 13.8 Å². The highest BCUT2D eigenvalue weighted by Crippen LogP contribution is 2.13. The van der Waals surface area contributed by atoms with Gasteiger partial charge in [-0.3, -0.25) is 24.6 Å². The van der Waals surface area contributed by atoms with Crippen molar-refractivity contribution in [2.24, 2.45) is 11.7 Å². The predicted octanol–water partition coefficient (Wildman–Crippen LogP) is 0.299. The van der Waals surface area contributed by atoms with Crippen LogP contribution in [0.2, 0.25) is 0 Å². The number of carboxylic acids is 3. The van der Waals surface area contributed by atoms with Crippen molar-refractivity contribution in [2.75, 3.05) is 6.54 Å². The van der Waals surface area contributed by atoms with E-state index in [2.05, 4.69) is 16.0 Å². The van der Waals surface area contributed by atoms with E-state index in [4.69, 9.17) is 26.2 Å². The van der Waals surface area contributed by atoms with Gasteiger partial charge in [0.15, 0.2) is 0 Å². The molecule has 0 spiro atoms. The molecule has 14 nitrogen and oxygen atoms in total. The second kappa shape index (κ2) is 16.3. The number of carbonyl (C=O) groups excluding carboxylic acids is 3. The summed E-state index contributed by atoms with van der Waals surface area (Å²) >= 11 is 0. The monoisotopic (exact) mass is 577 g/mol. The maximum atomic E-state index is 12.3. The molecule has 0 bridgehead atoms. The maximum absolute atomic E-state index is 12.3. The van der Waals surface area contributed by atoms with Gasteiger partial charge in [-0.05, 0) is 24.5 Å². The summed E-state index contributed by atoms with van der Waals surface area (Å²) in [6.07, 6.45) is -5.68. The van der Waals surface area contributed by atoms with Gasteiger partial charge in [-0.1, -0.05) is 26.0 Å². The summed E-state index contributed by atoms with van der Waals surface area (Å²) in [5, 5.41) is 39.8. The van der Waals surface area contributed by atoms with Crippen molar-refractivity contribution in [3.05, 3.63) is 35.4 Å². The van der Waals surface area contributed by atoms with E-state index in [1.165, 1.54) is 24.3 Å². The molecule has 3 amide bonds. The number of aliphatic carboxylic acids is 3. The highest BCUT2D eigenvalue weighted by molar-refractivity contribution is 5.98. The van der Waals surface area contributed by atoms with Crippen LogP contribution < -0.4 is 21.7 Å². The van der Waals surface area contributed by atoms with Crippen LogP contribution in [0.25, 0.3) is 0 Å². The van der Waals surface area contributed by atoms with E-state index >= 15 is 0 Å². The van der Waals surface area contributed by atoms with E-state index in [0.717, 1.165) is 0 Å². The predicted molar refractivity (Wildman–Crippen MR) is 131 cm³/mol. The minimum absolute atomic E-state index is 0.0977. The summed E-state index contributed by atoms with van der Waals surface area (Å²) in [6, 6.07) is 3.42. The van der Waals surface area contributed by atoms with Crippen molar-refractivity contribution in [2.45, 2.75) is 51.4 Å². The fraction of sp³-hybridized carbons (Fsp3) is 0.435. The highest BCUT2D eigenvalue weighted by Gasteiger charge is 2.38. The Labute approximate surface area is 225 Å². The molecule has 1 aromatic carbocycles. The second-order valence-electron chi connectivity index (χ2n) is 8.44. The molecule has 40 heavy (non-hydrogen) atoms. The van der Waals surface area contributed by atoms with E-state index in [9.17, 15) is 42.3 Å². The van der Waals surface area contributed by atoms with E-state index in [0.29, 0.717) is 11.1 Å². The number of rotatable bonds is 13. The first-order valence-corrected chi connectivity index (χ1v) is 11.4. The molecule has 0 aliphatic heterocycles. The smallest absolute Gasteiger partial charge is 0.481 e. The standard InChI is InChI=1S/C21H29N5O7.C2HF3O2/c1-11(2)17(21(32)33)26-20(31)14(10-16(28)29)25-15(27)4-3-9-24-19(30)13-7-5-12(6-8-13)18(22)23;3-2(4,5)1(6)7/h5-8,11,14,17H,3-4,9-10H2,1-2H3,(H3,22,23)(H,24,30)(H,25,27)(H,26,31)(H,28,29)(H,32,33);(H,6,7)/t14-,17-;/m0./s1. The minimum atomic E-state index is -5.08. The lowest BCUT2D eigenvalue weighted by atomic mass is 10.0. The lowest BCUT2D eigenvalue weighted by Crippen LogP contribution is -2.53. The zero-order valence-corrected chi connectivity index (χ0v) is 21.4. The molecule has 9 N–H and O–H groups in total. The quantitative estimate of drug-likeness (QED) is 0.0904. The third kappa shape index (κ3) is 13.7. The summed E-state index contributed by atoms with van der Waals surface area (Å²) in [5.41, 5.74) is 6.18. The van der Waals surface area contributed by atoms with Crippen molar-refractivity contribution < 1.29 is 57.3 Å². The normalized spacial score (nSPS) is 12.2. The van der Waals surface area contributed by atoms with E-state index < -0.39 is 60.3 Å². The van der Waals surface area contributed by atoms with Crippen LogP contribution in [0.4, 0.5) is 13.2 Å². The Kier molecular flexibility index (Phi) is 14.4. The van der Waals surface area contributed by atoms with Crippen molar-refractivity contribution in [1.29, 1.82) is 5.41 Å². The average Bonchev–Trinajstić information content (AvgIpc) is 2.83. The number of halogens is 3. The van der Waals surface area contributed by atoms with Crippen LogP contribution in [-0.4, -0.2) is 81.6 Å². The van der Waals surface area contributed by atoms with Gasteiger partial charge in [0.05, 0.1) is 6.42 Å². The Morgan fingerprint density at radius 2 is 1.45 bits per heavy atom. The van der Waals surface area contributed by atoms with Gasteiger partial charge in [0.2, 0.25) is 11.8 Å². The lowest BCUT2D eigenvalue weighted by Gasteiger charge is -2.22. The van der Waals surface area contributed by atoms with Gasteiger partial charge in [0.25, 0.3) is 5.91 Å².